The monoisotopic (exact) mass is 451 g/mol. The van der Waals surface area contributed by atoms with Crippen LogP contribution in [0.3, 0.4) is 0 Å². The van der Waals surface area contributed by atoms with Gasteiger partial charge in [0.05, 0.1) is 30.5 Å². The number of ether oxygens (including phenoxy) is 2. The van der Waals surface area contributed by atoms with Gasteiger partial charge in [0.15, 0.2) is 0 Å². The lowest BCUT2D eigenvalue weighted by atomic mass is 10.2. The van der Waals surface area contributed by atoms with Gasteiger partial charge >= 0.3 is 6.09 Å². The first-order valence-electron chi connectivity index (χ1n) is 11.0. The smallest absolute Gasteiger partial charge is 0.414 e. The van der Waals surface area contributed by atoms with Gasteiger partial charge in [0.1, 0.15) is 17.4 Å². The molecule has 1 aromatic carbocycles. The maximum absolute atomic E-state index is 13.9. The number of piperazine rings is 1. The van der Waals surface area contributed by atoms with Crippen molar-refractivity contribution in [3.8, 4) is 5.88 Å². The number of cyclic esters (lactones) is 1. The summed E-state index contributed by atoms with van der Waals surface area (Å²) < 4.78 is 24.8. The molecule has 0 N–H and O–H groups in total. The molecular formula is C24H26FN5O3. The molecule has 0 saturated carbocycles. The predicted molar refractivity (Wildman–Crippen MR) is 123 cm³/mol. The molecule has 2 aliphatic rings. The fourth-order valence-corrected chi connectivity index (χ4v) is 4.40. The summed E-state index contributed by atoms with van der Waals surface area (Å²) in [6.07, 6.45) is 1.13. The Bertz CT molecular complexity index is 1180. The molecule has 0 spiro atoms. The lowest BCUT2D eigenvalue weighted by Gasteiger charge is -2.36. The summed E-state index contributed by atoms with van der Waals surface area (Å²) in [5.74, 6) is 0.243. The van der Waals surface area contributed by atoms with Gasteiger partial charge in [0.25, 0.3) is 0 Å². The molecular weight excluding hydrogens is 425 g/mol. The van der Waals surface area contributed by atoms with E-state index < -0.39 is 6.09 Å². The van der Waals surface area contributed by atoms with E-state index in [1.807, 2.05) is 18.2 Å². The summed E-state index contributed by atoms with van der Waals surface area (Å²) in [7, 11) is 1.61. The van der Waals surface area contributed by atoms with Gasteiger partial charge in [-0.05, 0) is 36.8 Å². The van der Waals surface area contributed by atoms with Crippen LogP contribution in [0.2, 0.25) is 0 Å². The number of rotatable bonds is 5. The van der Waals surface area contributed by atoms with Gasteiger partial charge in [-0.1, -0.05) is 6.07 Å². The summed E-state index contributed by atoms with van der Waals surface area (Å²) >= 11 is 0. The fraction of sp³-hybridized carbons (Fsp3) is 0.375. The third-order valence-electron chi connectivity index (χ3n) is 6.26. The maximum atomic E-state index is 13.9. The van der Waals surface area contributed by atoms with Gasteiger partial charge < -0.3 is 14.4 Å². The minimum Gasteiger partial charge on any atom is -0.481 e. The normalized spacial score (nSPS) is 19.2. The Morgan fingerprint density at radius 3 is 2.73 bits per heavy atom. The molecule has 1 atom stereocenters. The van der Waals surface area contributed by atoms with Gasteiger partial charge in [0.2, 0.25) is 5.88 Å². The van der Waals surface area contributed by atoms with Gasteiger partial charge in [-0.25, -0.2) is 14.2 Å². The van der Waals surface area contributed by atoms with Crippen molar-refractivity contribution in [2.75, 3.05) is 56.2 Å². The number of carbonyl (C=O) groups is 1. The quantitative estimate of drug-likeness (QED) is 0.590. The molecule has 3 aromatic rings. The first-order valence-corrected chi connectivity index (χ1v) is 11.0. The summed E-state index contributed by atoms with van der Waals surface area (Å²) in [6.45, 7) is 6.08. The molecule has 0 unspecified atom stereocenters. The predicted octanol–water partition coefficient (Wildman–Crippen LogP) is 3.23. The number of hydrogen-bond acceptors (Lipinski definition) is 7. The Hall–Kier alpha value is -3.46. The van der Waals surface area contributed by atoms with Gasteiger partial charge in [-0.3, -0.25) is 14.8 Å². The third-order valence-corrected chi connectivity index (χ3v) is 6.26. The van der Waals surface area contributed by atoms with Crippen molar-refractivity contribution in [2.24, 2.45) is 0 Å². The molecule has 172 valence electrons. The van der Waals surface area contributed by atoms with E-state index in [0.717, 1.165) is 42.9 Å². The van der Waals surface area contributed by atoms with Crippen LogP contribution in [0.4, 0.5) is 20.6 Å². The van der Waals surface area contributed by atoms with Gasteiger partial charge in [-0.15, -0.1) is 0 Å². The highest BCUT2D eigenvalue weighted by atomic mass is 19.1. The topological polar surface area (TPSA) is 71.0 Å². The van der Waals surface area contributed by atoms with Crippen molar-refractivity contribution >= 4 is 28.5 Å². The van der Waals surface area contributed by atoms with E-state index in [2.05, 4.69) is 19.8 Å². The number of aryl methyl sites for hydroxylation is 1. The first-order chi connectivity index (χ1) is 16.0. The molecule has 8 nitrogen and oxygen atoms in total. The summed E-state index contributed by atoms with van der Waals surface area (Å²) in [5, 5.41) is 0. The van der Waals surface area contributed by atoms with Crippen LogP contribution in [0.1, 0.15) is 5.56 Å². The van der Waals surface area contributed by atoms with E-state index in [1.165, 1.54) is 11.0 Å². The maximum Gasteiger partial charge on any atom is 0.414 e. The molecule has 2 aliphatic heterocycles. The minimum absolute atomic E-state index is 0.249. The number of fused-ring (bicyclic) bond motifs is 1. The van der Waals surface area contributed by atoms with Crippen LogP contribution >= 0.6 is 0 Å². The molecule has 0 aliphatic carbocycles. The molecule has 2 aromatic heterocycles. The van der Waals surface area contributed by atoms with E-state index in [1.54, 1.807) is 32.4 Å². The molecule has 33 heavy (non-hydrogen) atoms. The lowest BCUT2D eigenvalue weighted by Crippen LogP contribution is -2.49. The zero-order valence-electron chi connectivity index (χ0n) is 18.7. The van der Waals surface area contributed by atoms with Crippen molar-refractivity contribution < 1.29 is 18.7 Å². The number of methoxy groups -OCH3 is 1. The second-order valence-corrected chi connectivity index (χ2v) is 8.39. The Kier molecular flexibility index (Phi) is 5.72. The van der Waals surface area contributed by atoms with E-state index in [4.69, 9.17) is 9.47 Å². The highest BCUT2D eigenvalue weighted by Crippen LogP contribution is 2.28. The van der Waals surface area contributed by atoms with Crippen LogP contribution in [0, 0.1) is 12.7 Å². The number of amides is 1. The Morgan fingerprint density at radius 2 is 1.97 bits per heavy atom. The Morgan fingerprint density at radius 1 is 1.15 bits per heavy atom. The zero-order chi connectivity index (χ0) is 22.9. The molecule has 2 saturated heterocycles. The number of pyridine rings is 2. The number of aromatic nitrogens is 2. The second-order valence-electron chi connectivity index (χ2n) is 8.39. The van der Waals surface area contributed by atoms with Crippen molar-refractivity contribution in [3.63, 3.8) is 0 Å². The summed E-state index contributed by atoms with van der Waals surface area (Å²) in [6, 6.07) is 10.5. The number of halogens is 1. The van der Waals surface area contributed by atoms with Crippen LogP contribution in [0.5, 0.6) is 5.88 Å². The number of benzene rings is 1. The highest BCUT2D eigenvalue weighted by Gasteiger charge is 2.34. The average molecular weight is 452 g/mol. The number of anilines is 2. The summed E-state index contributed by atoms with van der Waals surface area (Å²) in [5.41, 5.74) is 3.79. The van der Waals surface area contributed by atoms with Gasteiger partial charge in [0, 0.05) is 45.0 Å². The SMILES string of the molecule is COc1ccc2nccc(N3CCN(C[C@@H]4CN(c5ccc(C)c(F)c5)C(=O)O4)CC3)c2n1. The molecule has 1 amide bonds. The van der Waals surface area contributed by atoms with E-state index >= 15 is 0 Å². The van der Waals surface area contributed by atoms with Crippen LogP contribution in [0.25, 0.3) is 11.0 Å². The molecule has 4 heterocycles. The van der Waals surface area contributed by atoms with Crippen LogP contribution in [-0.2, 0) is 4.74 Å². The van der Waals surface area contributed by atoms with Gasteiger partial charge in [-0.2, -0.15) is 0 Å². The number of nitrogens with zero attached hydrogens (tertiary/aromatic N) is 5. The van der Waals surface area contributed by atoms with Crippen molar-refractivity contribution in [2.45, 2.75) is 13.0 Å². The minimum atomic E-state index is -0.426. The molecule has 0 bridgehead atoms. The van der Waals surface area contributed by atoms with E-state index in [-0.39, 0.29) is 11.9 Å². The van der Waals surface area contributed by atoms with Crippen LogP contribution < -0.4 is 14.5 Å². The van der Waals surface area contributed by atoms with Crippen molar-refractivity contribution in [3.05, 3.63) is 54.0 Å². The average Bonchev–Trinajstić information content (AvgIpc) is 3.20. The second kappa shape index (κ2) is 8.82. The van der Waals surface area contributed by atoms with E-state index in [0.29, 0.717) is 30.2 Å². The summed E-state index contributed by atoms with van der Waals surface area (Å²) in [4.78, 5) is 27.5. The highest BCUT2D eigenvalue weighted by molar-refractivity contribution is 5.90. The third kappa shape index (κ3) is 4.28. The van der Waals surface area contributed by atoms with Crippen LogP contribution in [-0.4, -0.2) is 73.4 Å². The number of hydrogen-bond donors (Lipinski definition) is 0. The van der Waals surface area contributed by atoms with E-state index in [9.17, 15) is 9.18 Å². The first kappa shape index (κ1) is 21.4. The molecule has 2 fully saturated rings. The van der Waals surface area contributed by atoms with Crippen molar-refractivity contribution in [1.82, 2.24) is 14.9 Å². The standard InChI is InChI=1S/C24H26FN5O3/c1-16-3-4-17(13-19(16)25)30-15-18(33-24(30)31)14-28-9-11-29(12-10-28)21-7-8-26-20-5-6-22(32-2)27-23(20)21/h3-8,13,18H,9-12,14-15H2,1-2H3/t18-/m1/s1. The number of carbonyl (C=O) groups excluding carboxylic acids is 1. The largest absolute Gasteiger partial charge is 0.481 e. The van der Waals surface area contributed by atoms with Crippen molar-refractivity contribution in [1.29, 1.82) is 0 Å². The fourth-order valence-electron chi connectivity index (χ4n) is 4.40. The molecule has 0 radical (unpaired) electrons. The molecule has 5 rings (SSSR count). The van der Waals surface area contributed by atoms with Crippen LogP contribution in [0.15, 0.2) is 42.6 Å². The lowest BCUT2D eigenvalue weighted by molar-refractivity contribution is 0.106. The molecule has 9 heteroatoms. The zero-order valence-corrected chi connectivity index (χ0v) is 18.7. The Labute approximate surface area is 191 Å². The Balaban J connectivity index is 1.21.